The molecule has 3 nitrogen and oxygen atoms in total. The van der Waals surface area contributed by atoms with E-state index in [4.69, 9.17) is 0 Å². The first-order chi connectivity index (χ1) is 12.5. The number of nitrogens with zero attached hydrogens (tertiary/aromatic N) is 3. The van der Waals surface area contributed by atoms with Crippen molar-refractivity contribution in [2.45, 2.75) is 18.9 Å². The van der Waals surface area contributed by atoms with Crippen LogP contribution in [0.1, 0.15) is 22.5 Å². The number of imidazole rings is 1. The maximum Gasteiger partial charge on any atom is 0.350 e. The van der Waals surface area contributed by atoms with Crippen molar-refractivity contribution in [3.05, 3.63) is 83.4 Å². The Balaban J connectivity index is 1.93. The van der Waals surface area contributed by atoms with Gasteiger partial charge < -0.3 is 4.57 Å². The summed E-state index contributed by atoms with van der Waals surface area (Å²) < 4.78 is 55.0. The van der Waals surface area contributed by atoms with Crippen molar-refractivity contribution >= 4 is 5.71 Å². The normalized spacial score (nSPS) is 13.8. The zero-order valence-corrected chi connectivity index (χ0v) is 13.4. The molecule has 4 rings (SSSR count). The molecule has 0 radical (unpaired) electrons. The average molecular weight is 359 g/mol. The van der Waals surface area contributed by atoms with Crippen molar-refractivity contribution in [1.29, 1.82) is 0 Å². The van der Waals surface area contributed by atoms with Crippen LogP contribution in [0.3, 0.4) is 0 Å². The van der Waals surface area contributed by atoms with Crippen LogP contribution in [-0.4, -0.2) is 21.7 Å². The van der Waals surface area contributed by atoms with Crippen LogP contribution in [-0.2, 0) is 12.5 Å². The summed E-state index contributed by atoms with van der Waals surface area (Å²) in [6.45, 7) is -0.170. The number of hydrogen-bond donors (Lipinski definition) is 0. The van der Waals surface area contributed by atoms with E-state index in [0.29, 0.717) is 11.4 Å². The first kappa shape index (κ1) is 16.5. The van der Waals surface area contributed by atoms with Crippen molar-refractivity contribution in [1.82, 2.24) is 9.55 Å². The van der Waals surface area contributed by atoms with Gasteiger partial charge in [0, 0.05) is 11.1 Å². The van der Waals surface area contributed by atoms with Crippen LogP contribution in [0.15, 0.2) is 65.9 Å². The quantitative estimate of drug-likeness (QED) is 0.630. The van der Waals surface area contributed by atoms with Gasteiger partial charge in [-0.05, 0) is 6.07 Å². The van der Waals surface area contributed by atoms with Gasteiger partial charge in [-0.25, -0.2) is 13.8 Å². The van der Waals surface area contributed by atoms with E-state index in [0.717, 1.165) is 17.5 Å². The summed E-state index contributed by atoms with van der Waals surface area (Å²) >= 11 is 0. The maximum atomic E-state index is 14.0. The molecule has 0 saturated carbocycles. The molecule has 0 spiro atoms. The Labute approximate surface area is 146 Å². The highest BCUT2D eigenvalue weighted by molar-refractivity contribution is 6.15. The molecular formula is C19H13F4N3. The first-order valence-corrected chi connectivity index (χ1v) is 7.92. The molecule has 0 atom stereocenters. The number of aromatic nitrogens is 2. The van der Waals surface area contributed by atoms with E-state index in [1.54, 1.807) is 12.1 Å². The van der Waals surface area contributed by atoms with Crippen LogP contribution in [0.2, 0.25) is 0 Å². The van der Waals surface area contributed by atoms with E-state index in [1.165, 1.54) is 4.57 Å². The number of hydrogen-bond acceptors (Lipinski definition) is 2. The van der Waals surface area contributed by atoms with Crippen LogP contribution in [0.4, 0.5) is 17.6 Å². The van der Waals surface area contributed by atoms with E-state index in [1.807, 2.05) is 42.5 Å². The van der Waals surface area contributed by atoms with Gasteiger partial charge in [0.25, 0.3) is 0 Å². The molecule has 7 heteroatoms. The fraction of sp³-hybridized carbons (Fsp3) is 0.158. The Hall–Kier alpha value is -2.96. The number of alkyl halides is 4. The average Bonchev–Trinajstić information content (AvgIpc) is 3.01. The fourth-order valence-corrected chi connectivity index (χ4v) is 3.08. The fourth-order valence-electron chi connectivity index (χ4n) is 3.08. The monoisotopic (exact) mass is 359 g/mol. The van der Waals surface area contributed by atoms with Crippen LogP contribution in [0, 0.1) is 0 Å². The molecule has 3 aromatic rings. The lowest BCUT2D eigenvalue weighted by Crippen LogP contribution is -2.25. The van der Waals surface area contributed by atoms with Gasteiger partial charge in [0.05, 0.1) is 23.6 Å². The molecule has 0 N–H and O–H groups in total. The van der Waals surface area contributed by atoms with E-state index in [9.17, 15) is 17.6 Å². The maximum absolute atomic E-state index is 14.0. The van der Waals surface area contributed by atoms with Gasteiger partial charge >= 0.3 is 12.3 Å². The number of para-hydroxylation sites is 1. The van der Waals surface area contributed by atoms with Crippen molar-refractivity contribution in [2.24, 2.45) is 4.99 Å². The predicted octanol–water partition coefficient (Wildman–Crippen LogP) is 4.58. The Bertz CT molecular complexity index is 977. The molecule has 0 amide bonds. The molecule has 1 aliphatic heterocycles. The number of fused-ring (bicyclic) bond motifs is 3. The summed E-state index contributed by atoms with van der Waals surface area (Å²) in [7, 11) is 0. The highest BCUT2D eigenvalue weighted by atomic mass is 19.3. The largest absolute Gasteiger partial charge is 0.350 e. The molecular weight excluding hydrogens is 346 g/mol. The van der Waals surface area contributed by atoms with E-state index in [2.05, 4.69) is 9.98 Å². The number of rotatable bonds is 3. The minimum atomic E-state index is -4.33. The highest BCUT2D eigenvalue weighted by Crippen LogP contribution is 2.38. The molecule has 1 aromatic heterocycles. The van der Waals surface area contributed by atoms with Gasteiger partial charge in [-0.1, -0.05) is 48.5 Å². The van der Waals surface area contributed by atoms with Gasteiger partial charge in [-0.15, -0.1) is 0 Å². The van der Waals surface area contributed by atoms with Gasteiger partial charge in [0.1, 0.15) is 12.0 Å². The van der Waals surface area contributed by atoms with Gasteiger partial charge in [-0.3, -0.25) is 4.99 Å². The van der Waals surface area contributed by atoms with Crippen molar-refractivity contribution in [2.75, 3.05) is 0 Å². The second-order valence-corrected chi connectivity index (χ2v) is 5.88. The van der Waals surface area contributed by atoms with Crippen molar-refractivity contribution in [3.63, 3.8) is 0 Å². The Morgan fingerprint density at radius 3 is 2.38 bits per heavy atom. The first-order valence-electron chi connectivity index (χ1n) is 7.92. The minimum Gasteiger partial charge on any atom is -0.300 e. The zero-order valence-electron chi connectivity index (χ0n) is 13.4. The van der Waals surface area contributed by atoms with Crippen molar-refractivity contribution < 1.29 is 17.6 Å². The molecule has 2 heterocycles. The molecule has 2 aromatic carbocycles. The van der Waals surface area contributed by atoms with E-state index in [-0.39, 0.29) is 12.2 Å². The van der Waals surface area contributed by atoms with Crippen LogP contribution >= 0.6 is 0 Å². The van der Waals surface area contributed by atoms with Crippen LogP contribution in [0.25, 0.3) is 5.69 Å². The molecule has 0 saturated heterocycles. The molecule has 0 aliphatic carbocycles. The van der Waals surface area contributed by atoms with Gasteiger partial charge in [0.15, 0.2) is 0 Å². The topological polar surface area (TPSA) is 30.2 Å². The lowest BCUT2D eigenvalue weighted by atomic mass is 10.0. The second-order valence-electron chi connectivity index (χ2n) is 5.88. The summed E-state index contributed by atoms with van der Waals surface area (Å²) in [6, 6.07) is 16.4. The molecule has 1 aliphatic rings. The number of aliphatic imine (C=N–C) groups is 1. The second kappa shape index (κ2) is 6.09. The molecule has 0 bridgehead atoms. The SMILES string of the molecule is FC(F)C(F)(F)c1ncn2c1CN=C(c1ccccc1)c1ccccc1-2. The summed E-state index contributed by atoms with van der Waals surface area (Å²) in [6.07, 6.45) is -2.68. The van der Waals surface area contributed by atoms with Crippen LogP contribution in [0.5, 0.6) is 0 Å². The third-order valence-corrected chi connectivity index (χ3v) is 4.31. The predicted molar refractivity (Wildman–Crippen MR) is 89.2 cm³/mol. The third kappa shape index (κ3) is 2.51. The summed E-state index contributed by atoms with van der Waals surface area (Å²) in [5, 5.41) is 0. The molecule has 0 unspecified atom stereocenters. The lowest BCUT2D eigenvalue weighted by molar-refractivity contribution is -0.138. The molecule has 26 heavy (non-hydrogen) atoms. The van der Waals surface area contributed by atoms with Gasteiger partial charge in [0.2, 0.25) is 0 Å². The minimum absolute atomic E-state index is 0.0336. The molecule has 132 valence electrons. The van der Waals surface area contributed by atoms with Crippen molar-refractivity contribution in [3.8, 4) is 5.69 Å². The number of halogens is 4. The Morgan fingerprint density at radius 2 is 1.65 bits per heavy atom. The van der Waals surface area contributed by atoms with Crippen LogP contribution < -0.4 is 0 Å². The highest BCUT2D eigenvalue weighted by Gasteiger charge is 2.47. The standard InChI is InChI=1S/C19H13F4N3/c20-18(21)19(22,23)17-15-10-24-16(12-6-2-1-3-7-12)13-8-4-5-9-14(13)26(15)11-25-17/h1-9,11,18H,10H2. The Morgan fingerprint density at radius 1 is 0.962 bits per heavy atom. The smallest absolute Gasteiger partial charge is 0.300 e. The van der Waals surface area contributed by atoms with E-state index >= 15 is 0 Å². The molecule has 0 fully saturated rings. The lowest BCUT2D eigenvalue weighted by Gasteiger charge is -2.15. The zero-order chi connectivity index (χ0) is 18.3. The number of benzene rings is 2. The summed E-state index contributed by atoms with van der Waals surface area (Å²) in [5.41, 5.74) is 1.78. The van der Waals surface area contributed by atoms with E-state index < -0.39 is 18.0 Å². The summed E-state index contributed by atoms with van der Waals surface area (Å²) in [4.78, 5) is 8.05. The Kier molecular flexibility index (Phi) is 3.86. The summed E-state index contributed by atoms with van der Waals surface area (Å²) in [5.74, 6) is -4.33. The van der Waals surface area contributed by atoms with Gasteiger partial charge in [-0.2, -0.15) is 8.78 Å². The third-order valence-electron chi connectivity index (χ3n) is 4.31.